The molecule has 0 aromatic rings. The number of hydrogen-bond acceptors (Lipinski definition) is 2. The van der Waals surface area contributed by atoms with Crippen molar-refractivity contribution in [3.63, 3.8) is 0 Å². The normalized spacial score (nSPS) is 15.1. The Kier molecular flexibility index (Phi) is 6.81. The molecule has 0 aliphatic rings. The molecule has 1 unspecified atom stereocenters. The monoisotopic (exact) mass is 199 g/mol. The number of nitrogens with two attached hydrogens (primary N) is 1. The van der Waals surface area contributed by atoms with Gasteiger partial charge in [0.2, 0.25) is 0 Å². The number of unbranched alkanes of at least 4 members (excludes halogenated alkanes) is 3. The predicted octanol–water partition coefficient (Wildman–Crippen LogP) is 3.04. The molecule has 0 fully saturated rings. The van der Waals surface area contributed by atoms with Crippen LogP contribution >= 0.6 is 0 Å². The Morgan fingerprint density at radius 2 is 1.79 bits per heavy atom. The molecule has 0 amide bonds. The van der Waals surface area contributed by atoms with Crippen molar-refractivity contribution in [1.29, 1.82) is 0 Å². The number of carbonyl (C=O) groups is 1. The van der Waals surface area contributed by atoms with Crippen molar-refractivity contribution in [2.45, 2.75) is 71.3 Å². The van der Waals surface area contributed by atoms with Gasteiger partial charge in [0.15, 0.2) is 5.78 Å². The van der Waals surface area contributed by atoms with E-state index >= 15 is 0 Å². The summed E-state index contributed by atoms with van der Waals surface area (Å²) < 4.78 is 0. The minimum Gasteiger partial charge on any atom is -0.319 e. The SMILES string of the molecule is CCCCCCC(=O)C(C)(N)CCC. The number of ketones is 1. The van der Waals surface area contributed by atoms with E-state index < -0.39 is 5.54 Å². The van der Waals surface area contributed by atoms with Crippen LogP contribution in [-0.4, -0.2) is 11.3 Å². The number of rotatable bonds is 8. The van der Waals surface area contributed by atoms with Gasteiger partial charge in [-0.2, -0.15) is 0 Å². The standard InChI is InChI=1S/C12H25NO/c1-4-6-7-8-9-11(14)12(3,13)10-5-2/h4-10,13H2,1-3H3. The Hall–Kier alpha value is -0.370. The van der Waals surface area contributed by atoms with Gasteiger partial charge in [-0.15, -0.1) is 0 Å². The highest BCUT2D eigenvalue weighted by Crippen LogP contribution is 2.14. The van der Waals surface area contributed by atoms with Gasteiger partial charge in [0, 0.05) is 6.42 Å². The molecule has 2 nitrogen and oxygen atoms in total. The van der Waals surface area contributed by atoms with E-state index in [2.05, 4.69) is 13.8 Å². The molecule has 0 aromatic carbocycles. The molecule has 0 aliphatic carbocycles. The van der Waals surface area contributed by atoms with Crippen LogP contribution in [0.5, 0.6) is 0 Å². The Morgan fingerprint density at radius 3 is 2.29 bits per heavy atom. The fraction of sp³-hybridized carbons (Fsp3) is 0.917. The Balaban J connectivity index is 3.71. The third-order valence-corrected chi connectivity index (χ3v) is 2.66. The second kappa shape index (κ2) is 6.99. The van der Waals surface area contributed by atoms with Gasteiger partial charge in [0.05, 0.1) is 5.54 Å². The van der Waals surface area contributed by atoms with E-state index in [1.54, 1.807) is 0 Å². The molecule has 84 valence electrons. The molecule has 0 heterocycles. The lowest BCUT2D eigenvalue weighted by molar-refractivity contribution is -0.124. The Labute approximate surface area is 88.3 Å². The van der Waals surface area contributed by atoms with Gasteiger partial charge in [-0.3, -0.25) is 4.79 Å². The quantitative estimate of drug-likeness (QED) is 0.611. The van der Waals surface area contributed by atoms with E-state index in [9.17, 15) is 4.79 Å². The van der Waals surface area contributed by atoms with Crippen molar-refractivity contribution in [3.05, 3.63) is 0 Å². The first-order valence-corrected chi connectivity index (χ1v) is 5.86. The zero-order chi connectivity index (χ0) is 11.0. The average Bonchev–Trinajstić information content (AvgIpc) is 2.12. The molecule has 0 aliphatic heterocycles. The summed E-state index contributed by atoms with van der Waals surface area (Å²) >= 11 is 0. The summed E-state index contributed by atoms with van der Waals surface area (Å²) in [5.74, 6) is 0.232. The van der Waals surface area contributed by atoms with Crippen LogP contribution in [0, 0.1) is 0 Å². The molecule has 0 saturated carbocycles. The number of hydrogen-bond donors (Lipinski definition) is 1. The Morgan fingerprint density at radius 1 is 1.14 bits per heavy atom. The summed E-state index contributed by atoms with van der Waals surface area (Å²) in [5.41, 5.74) is 5.35. The Bertz CT molecular complexity index is 164. The van der Waals surface area contributed by atoms with Crippen molar-refractivity contribution in [3.8, 4) is 0 Å². The van der Waals surface area contributed by atoms with E-state index in [0.717, 1.165) is 25.7 Å². The maximum atomic E-state index is 11.7. The summed E-state index contributed by atoms with van der Waals surface area (Å²) in [5, 5.41) is 0. The van der Waals surface area contributed by atoms with Crippen LogP contribution in [0.2, 0.25) is 0 Å². The summed E-state index contributed by atoms with van der Waals surface area (Å²) in [7, 11) is 0. The van der Waals surface area contributed by atoms with Crippen LogP contribution in [0.4, 0.5) is 0 Å². The molecule has 2 heteroatoms. The molecular formula is C12H25NO. The van der Waals surface area contributed by atoms with Gasteiger partial charge in [-0.1, -0.05) is 39.5 Å². The van der Waals surface area contributed by atoms with Crippen molar-refractivity contribution in [1.82, 2.24) is 0 Å². The van der Waals surface area contributed by atoms with E-state index in [-0.39, 0.29) is 5.78 Å². The van der Waals surface area contributed by atoms with Crippen LogP contribution in [0.25, 0.3) is 0 Å². The third-order valence-electron chi connectivity index (χ3n) is 2.66. The second-order valence-corrected chi connectivity index (χ2v) is 4.40. The third kappa shape index (κ3) is 5.38. The molecular weight excluding hydrogens is 174 g/mol. The fourth-order valence-corrected chi connectivity index (χ4v) is 1.66. The summed E-state index contributed by atoms with van der Waals surface area (Å²) in [6, 6.07) is 0. The zero-order valence-corrected chi connectivity index (χ0v) is 9.94. The van der Waals surface area contributed by atoms with E-state index in [0.29, 0.717) is 6.42 Å². The molecule has 0 saturated heterocycles. The van der Waals surface area contributed by atoms with Gasteiger partial charge in [-0.05, 0) is 19.8 Å². The van der Waals surface area contributed by atoms with Crippen molar-refractivity contribution < 1.29 is 4.79 Å². The molecule has 0 radical (unpaired) electrons. The van der Waals surface area contributed by atoms with E-state index in [4.69, 9.17) is 5.73 Å². The number of carbonyl (C=O) groups excluding carboxylic acids is 1. The molecule has 1 atom stereocenters. The lowest BCUT2D eigenvalue weighted by atomic mass is 9.89. The lowest BCUT2D eigenvalue weighted by Gasteiger charge is -2.22. The minimum absolute atomic E-state index is 0.232. The van der Waals surface area contributed by atoms with Gasteiger partial charge in [-0.25, -0.2) is 0 Å². The maximum Gasteiger partial charge on any atom is 0.152 e. The summed E-state index contributed by atoms with van der Waals surface area (Å²) in [6.07, 6.45) is 7.04. The maximum absolute atomic E-state index is 11.7. The van der Waals surface area contributed by atoms with Crippen LogP contribution in [0.1, 0.15) is 65.7 Å². The molecule has 2 N–H and O–H groups in total. The highest BCUT2D eigenvalue weighted by Gasteiger charge is 2.25. The minimum atomic E-state index is -0.582. The van der Waals surface area contributed by atoms with Crippen LogP contribution in [-0.2, 0) is 4.79 Å². The average molecular weight is 199 g/mol. The van der Waals surface area contributed by atoms with Crippen molar-refractivity contribution in [2.24, 2.45) is 5.73 Å². The van der Waals surface area contributed by atoms with Gasteiger partial charge in [0.1, 0.15) is 0 Å². The first-order chi connectivity index (χ1) is 6.54. The topological polar surface area (TPSA) is 43.1 Å². The largest absolute Gasteiger partial charge is 0.319 e. The summed E-state index contributed by atoms with van der Waals surface area (Å²) in [4.78, 5) is 11.7. The highest BCUT2D eigenvalue weighted by molar-refractivity contribution is 5.87. The van der Waals surface area contributed by atoms with Gasteiger partial charge < -0.3 is 5.73 Å². The predicted molar refractivity (Wildman–Crippen MR) is 61.3 cm³/mol. The molecule has 0 rings (SSSR count). The van der Waals surface area contributed by atoms with Crippen molar-refractivity contribution >= 4 is 5.78 Å². The first-order valence-electron chi connectivity index (χ1n) is 5.86. The van der Waals surface area contributed by atoms with Crippen LogP contribution in [0.3, 0.4) is 0 Å². The smallest absolute Gasteiger partial charge is 0.152 e. The second-order valence-electron chi connectivity index (χ2n) is 4.40. The molecule has 0 aromatic heterocycles. The number of Topliss-reactive ketones (excluding diaryl/α,β-unsaturated/α-hetero) is 1. The van der Waals surface area contributed by atoms with E-state index in [1.807, 2.05) is 6.92 Å². The van der Waals surface area contributed by atoms with E-state index in [1.165, 1.54) is 12.8 Å². The highest BCUT2D eigenvalue weighted by atomic mass is 16.1. The van der Waals surface area contributed by atoms with Crippen LogP contribution < -0.4 is 5.73 Å². The van der Waals surface area contributed by atoms with Gasteiger partial charge in [0.25, 0.3) is 0 Å². The first kappa shape index (κ1) is 13.6. The van der Waals surface area contributed by atoms with Gasteiger partial charge >= 0.3 is 0 Å². The summed E-state index contributed by atoms with van der Waals surface area (Å²) in [6.45, 7) is 6.10. The molecule has 0 bridgehead atoms. The molecule has 14 heavy (non-hydrogen) atoms. The lowest BCUT2D eigenvalue weighted by Crippen LogP contribution is -2.44. The van der Waals surface area contributed by atoms with Crippen LogP contribution in [0.15, 0.2) is 0 Å². The van der Waals surface area contributed by atoms with Crippen molar-refractivity contribution in [2.75, 3.05) is 0 Å². The molecule has 0 spiro atoms. The fourth-order valence-electron chi connectivity index (χ4n) is 1.66. The zero-order valence-electron chi connectivity index (χ0n) is 9.94.